The van der Waals surface area contributed by atoms with Gasteiger partial charge < -0.3 is 9.80 Å². The Morgan fingerprint density at radius 3 is 1.97 bits per heavy atom. The first-order valence-electron chi connectivity index (χ1n) is 9.26. The van der Waals surface area contributed by atoms with Gasteiger partial charge >= 0.3 is 0 Å². The molecule has 0 aliphatic carbocycles. The van der Waals surface area contributed by atoms with E-state index in [-0.39, 0.29) is 24.9 Å². The molecule has 154 valence electrons. The van der Waals surface area contributed by atoms with Crippen LogP contribution in [0.4, 0.5) is 0 Å². The Labute approximate surface area is 190 Å². The predicted octanol–water partition coefficient (Wildman–Crippen LogP) is 5.84. The van der Waals surface area contributed by atoms with Crippen LogP contribution in [0.3, 0.4) is 0 Å². The van der Waals surface area contributed by atoms with Crippen LogP contribution in [0.15, 0.2) is 36.4 Å². The van der Waals surface area contributed by atoms with Gasteiger partial charge in [-0.1, -0.05) is 58.5 Å². The third-order valence-electron chi connectivity index (χ3n) is 5.02. The molecule has 1 fully saturated rings. The molecule has 1 saturated heterocycles. The van der Waals surface area contributed by atoms with Gasteiger partial charge in [-0.2, -0.15) is 0 Å². The molecular formula is C21H20Cl4N2O2. The number of hydrogen-bond donors (Lipinski definition) is 0. The molecule has 0 spiro atoms. The molecule has 1 heterocycles. The second kappa shape index (κ2) is 9.57. The van der Waals surface area contributed by atoms with Gasteiger partial charge in [0, 0.05) is 46.1 Å². The van der Waals surface area contributed by atoms with Gasteiger partial charge in [-0.3, -0.25) is 9.59 Å². The zero-order valence-corrected chi connectivity index (χ0v) is 18.8. The average Bonchev–Trinajstić information content (AvgIpc) is 3.05. The molecule has 0 radical (unpaired) electrons. The van der Waals surface area contributed by atoms with Crippen LogP contribution < -0.4 is 0 Å². The van der Waals surface area contributed by atoms with Crippen LogP contribution in [0.5, 0.6) is 0 Å². The lowest BCUT2D eigenvalue weighted by Crippen LogP contribution is -2.46. The smallest absolute Gasteiger partial charge is 0.245 e. The van der Waals surface area contributed by atoms with Crippen molar-refractivity contribution in [3.63, 3.8) is 0 Å². The fourth-order valence-corrected chi connectivity index (χ4v) is 4.46. The van der Waals surface area contributed by atoms with Crippen LogP contribution >= 0.6 is 46.4 Å². The largest absolute Gasteiger partial charge is 0.332 e. The average molecular weight is 474 g/mol. The highest BCUT2D eigenvalue weighted by atomic mass is 35.5. The van der Waals surface area contributed by atoms with Crippen molar-refractivity contribution in [1.29, 1.82) is 0 Å². The summed E-state index contributed by atoms with van der Waals surface area (Å²) in [6.45, 7) is 2.92. The molecule has 8 heteroatoms. The third-order valence-corrected chi connectivity index (χ3v) is 6.19. The summed E-state index contributed by atoms with van der Waals surface area (Å²) in [4.78, 5) is 28.8. The highest BCUT2D eigenvalue weighted by Crippen LogP contribution is 2.28. The molecule has 0 unspecified atom stereocenters. The normalized spacial score (nSPS) is 16.4. The molecular weight excluding hydrogens is 454 g/mol. The molecule has 0 N–H and O–H groups in total. The topological polar surface area (TPSA) is 40.6 Å². The first-order valence-corrected chi connectivity index (χ1v) is 10.8. The first kappa shape index (κ1) is 22.2. The number of amides is 2. The Morgan fingerprint density at radius 2 is 1.52 bits per heavy atom. The number of halogens is 4. The number of nitrogens with zero attached hydrogens (tertiary/aromatic N) is 2. The van der Waals surface area contributed by atoms with Gasteiger partial charge in [0.15, 0.2) is 0 Å². The summed E-state index contributed by atoms with van der Waals surface area (Å²) in [5, 5.41) is 2.01. The van der Waals surface area contributed by atoms with Gasteiger partial charge in [0.05, 0.1) is 0 Å². The Kier molecular flexibility index (Phi) is 7.33. The summed E-state index contributed by atoms with van der Waals surface area (Å²) < 4.78 is 0. The van der Waals surface area contributed by atoms with E-state index in [1.54, 1.807) is 46.2 Å². The maximum Gasteiger partial charge on any atom is 0.245 e. The van der Waals surface area contributed by atoms with E-state index in [1.807, 2.05) is 6.92 Å². The molecule has 1 aliphatic rings. The number of carbonyl (C=O) groups excluding carboxylic acids is 2. The van der Waals surface area contributed by atoms with Crippen LogP contribution in [0, 0.1) is 0 Å². The molecule has 29 heavy (non-hydrogen) atoms. The molecule has 1 atom stereocenters. The Bertz CT molecular complexity index is 881. The van der Waals surface area contributed by atoms with E-state index < -0.39 is 6.04 Å². The minimum Gasteiger partial charge on any atom is -0.332 e. The quantitative estimate of drug-likeness (QED) is 0.528. The van der Waals surface area contributed by atoms with Crippen LogP contribution in [0.25, 0.3) is 0 Å². The van der Waals surface area contributed by atoms with Gasteiger partial charge in [0.25, 0.3) is 0 Å². The number of likely N-dealkylation sites (tertiary alicyclic amines) is 1. The fourth-order valence-electron chi connectivity index (χ4n) is 3.52. The van der Waals surface area contributed by atoms with Crippen molar-refractivity contribution in [3.05, 3.63) is 67.6 Å². The lowest BCUT2D eigenvalue weighted by Gasteiger charge is -2.30. The molecule has 2 amide bonds. The van der Waals surface area contributed by atoms with Crippen molar-refractivity contribution in [2.24, 2.45) is 0 Å². The van der Waals surface area contributed by atoms with Crippen molar-refractivity contribution < 1.29 is 9.59 Å². The fraction of sp³-hybridized carbons (Fsp3) is 0.333. The Balaban J connectivity index is 1.91. The van der Waals surface area contributed by atoms with E-state index in [0.717, 1.165) is 11.1 Å². The summed E-state index contributed by atoms with van der Waals surface area (Å²) in [6, 6.07) is 9.87. The van der Waals surface area contributed by atoms with E-state index >= 15 is 0 Å². The predicted molar refractivity (Wildman–Crippen MR) is 118 cm³/mol. The van der Waals surface area contributed by atoms with Crippen molar-refractivity contribution in [3.8, 4) is 0 Å². The Morgan fingerprint density at radius 1 is 1.00 bits per heavy atom. The lowest BCUT2D eigenvalue weighted by molar-refractivity contribution is -0.142. The standard InChI is InChI=1S/C21H20Cl4N2O2/c1-2-27-19(7-8-20(27)28)21(29)26(11-13-3-5-15(22)9-17(13)24)12-14-4-6-16(23)10-18(14)25/h3-6,9-10,19H,2,7-8,11-12H2,1H3/t19-/m1/s1. The van der Waals surface area contributed by atoms with E-state index in [2.05, 4.69) is 0 Å². The van der Waals surface area contributed by atoms with Crippen LogP contribution in [-0.2, 0) is 22.7 Å². The molecule has 0 bridgehead atoms. The van der Waals surface area contributed by atoms with Gasteiger partial charge in [-0.05, 0) is 48.7 Å². The van der Waals surface area contributed by atoms with Gasteiger partial charge in [-0.25, -0.2) is 0 Å². The number of benzene rings is 2. The van der Waals surface area contributed by atoms with E-state index in [4.69, 9.17) is 46.4 Å². The molecule has 0 aromatic heterocycles. The summed E-state index contributed by atoms with van der Waals surface area (Å²) in [6.07, 6.45) is 0.881. The van der Waals surface area contributed by atoms with Crippen LogP contribution in [-0.4, -0.2) is 34.2 Å². The molecule has 4 nitrogen and oxygen atoms in total. The van der Waals surface area contributed by atoms with Crippen molar-refractivity contribution in [2.75, 3.05) is 6.54 Å². The SMILES string of the molecule is CCN1C(=O)CC[C@@H]1C(=O)N(Cc1ccc(Cl)cc1Cl)Cc1ccc(Cl)cc1Cl. The summed E-state index contributed by atoms with van der Waals surface area (Å²) in [5.74, 6) is -0.130. The van der Waals surface area contributed by atoms with Crippen molar-refractivity contribution >= 4 is 58.2 Å². The number of rotatable bonds is 6. The molecule has 3 rings (SSSR count). The minimum atomic E-state index is -0.482. The second-order valence-electron chi connectivity index (χ2n) is 6.90. The van der Waals surface area contributed by atoms with Crippen LogP contribution in [0.2, 0.25) is 20.1 Å². The molecule has 1 aliphatic heterocycles. The second-order valence-corrected chi connectivity index (χ2v) is 8.59. The van der Waals surface area contributed by atoms with Crippen molar-refractivity contribution in [2.45, 2.75) is 38.9 Å². The van der Waals surface area contributed by atoms with Crippen LogP contribution in [0.1, 0.15) is 30.9 Å². The lowest BCUT2D eigenvalue weighted by atomic mass is 10.1. The molecule has 2 aromatic carbocycles. The Hall–Kier alpha value is -1.46. The minimum absolute atomic E-state index is 0.000138. The van der Waals surface area contributed by atoms with Gasteiger partial charge in [0.2, 0.25) is 11.8 Å². The first-order chi connectivity index (χ1) is 13.8. The molecule has 2 aromatic rings. The highest BCUT2D eigenvalue weighted by Gasteiger charge is 2.37. The highest BCUT2D eigenvalue weighted by molar-refractivity contribution is 6.35. The van der Waals surface area contributed by atoms with E-state index in [1.165, 1.54) is 0 Å². The van der Waals surface area contributed by atoms with Gasteiger partial charge in [0.1, 0.15) is 6.04 Å². The van der Waals surface area contributed by atoms with E-state index in [9.17, 15) is 9.59 Å². The third kappa shape index (κ3) is 5.18. The van der Waals surface area contributed by atoms with Crippen molar-refractivity contribution in [1.82, 2.24) is 9.80 Å². The van der Waals surface area contributed by atoms with E-state index in [0.29, 0.717) is 39.5 Å². The number of likely N-dealkylation sites (N-methyl/N-ethyl adjacent to an activating group) is 1. The number of hydrogen-bond acceptors (Lipinski definition) is 2. The van der Waals surface area contributed by atoms with Gasteiger partial charge in [-0.15, -0.1) is 0 Å². The zero-order valence-electron chi connectivity index (χ0n) is 15.8. The zero-order chi connectivity index (χ0) is 21.1. The maximum atomic E-state index is 13.4. The maximum absolute atomic E-state index is 13.4. The summed E-state index contributed by atoms with van der Waals surface area (Å²) in [5.41, 5.74) is 1.53. The monoisotopic (exact) mass is 472 g/mol. The number of carbonyl (C=O) groups is 2. The summed E-state index contributed by atoms with van der Waals surface area (Å²) in [7, 11) is 0. The molecule has 0 saturated carbocycles. The summed E-state index contributed by atoms with van der Waals surface area (Å²) >= 11 is 24.7.